The van der Waals surface area contributed by atoms with Crippen LogP contribution in [-0.2, 0) is 10.0 Å². The molecule has 6 heteroatoms. The van der Waals surface area contributed by atoms with Crippen LogP contribution in [0, 0.1) is 0 Å². The SMILES string of the molecule is CC(CNS(=O)(=O)C(C)C)c1ccc(OCCCCOc2ccccc2)cc1.[HH]. The topological polar surface area (TPSA) is 64.6 Å². The second-order valence-corrected chi connectivity index (χ2v) is 9.45. The molecule has 28 heavy (non-hydrogen) atoms. The van der Waals surface area contributed by atoms with Gasteiger partial charge in [-0.05, 0) is 62.4 Å². The fourth-order valence-corrected chi connectivity index (χ4v) is 3.33. The second-order valence-electron chi connectivity index (χ2n) is 7.13. The smallest absolute Gasteiger partial charge is 0.213 e. The zero-order chi connectivity index (χ0) is 20.4. The van der Waals surface area contributed by atoms with Crippen molar-refractivity contribution in [2.75, 3.05) is 19.8 Å². The first-order valence-corrected chi connectivity index (χ1v) is 11.3. The number of ether oxygens (including phenoxy) is 2. The Labute approximate surface area is 170 Å². The van der Waals surface area contributed by atoms with Crippen LogP contribution in [-0.4, -0.2) is 33.4 Å². The number of rotatable bonds is 12. The summed E-state index contributed by atoms with van der Waals surface area (Å²) in [5.41, 5.74) is 1.08. The standard InChI is InChI=1S/C22H31NO4S.H2/c1-18(2)28(24,25)23-17-19(3)20-11-13-22(14-12-20)27-16-8-7-15-26-21-9-5-4-6-10-21;/h4-6,9-14,18-19,23H,7-8,15-17H2,1-3H3;1H. The Balaban J connectivity index is 0.00000420. The van der Waals surface area contributed by atoms with E-state index in [1.54, 1.807) is 13.8 Å². The number of sulfonamides is 1. The van der Waals surface area contributed by atoms with Gasteiger partial charge in [0.15, 0.2) is 0 Å². The number of hydrogen-bond acceptors (Lipinski definition) is 4. The van der Waals surface area contributed by atoms with E-state index in [1.165, 1.54) is 0 Å². The summed E-state index contributed by atoms with van der Waals surface area (Å²) in [7, 11) is -3.23. The van der Waals surface area contributed by atoms with E-state index in [0.717, 1.165) is 29.9 Å². The fourth-order valence-electron chi connectivity index (χ4n) is 2.52. The van der Waals surface area contributed by atoms with Gasteiger partial charge >= 0.3 is 0 Å². The quantitative estimate of drug-likeness (QED) is 0.522. The highest BCUT2D eigenvalue weighted by Gasteiger charge is 2.17. The largest absolute Gasteiger partial charge is 0.494 e. The molecule has 0 saturated carbocycles. The maximum Gasteiger partial charge on any atom is 0.213 e. The molecule has 0 spiro atoms. The lowest BCUT2D eigenvalue weighted by Crippen LogP contribution is -2.33. The van der Waals surface area contributed by atoms with E-state index in [0.29, 0.717) is 19.8 Å². The Morgan fingerprint density at radius 2 is 1.39 bits per heavy atom. The van der Waals surface area contributed by atoms with Gasteiger partial charge in [-0.25, -0.2) is 13.1 Å². The number of nitrogens with one attached hydrogen (secondary N) is 1. The lowest BCUT2D eigenvalue weighted by atomic mass is 10.0. The Morgan fingerprint density at radius 1 is 0.857 bits per heavy atom. The molecule has 0 radical (unpaired) electrons. The molecule has 0 bridgehead atoms. The average molecular weight is 408 g/mol. The summed E-state index contributed by atoms with van der Waals surface area (Å²) < 4.78 is 37.8. The third-order valence-corrected chi connectivity index (χ3v) is 6.29. The Morgan fingerprint density at radius 3 is 1.93 bits per heavy atom. The zero-order valence-corrected chi connectivity index (χ0v) is 17.7. The van der Waals surface area contributed by atoms with Crippen LogP contribution in [0.3, 0.4) is 0 Å². The minimum atomic E-state index is -3.23. The highest BCUT2D eigenvalue weighted by atomic mass is 32.2. The maximum atomic E-state index is 11.9. The predicted molar refractivity (Wildman–Crippen MR) is 116 cm³/mol. The van der Waals surface area contributed by atoms with Crippen molar-refractivity contribution in [3.8, 4) is 11.5 Å². The molecule has 0 aliphatic carbocycles. The van der Waals surface area contributed by atoms with Crippen LogP contribution in [0.4, 0.5) is 0 Å². The van der Waals surface area contributed by atoms with Crippen LogP contribution in [0.5, 0.6) is 11.5 Å². The summed E-state index contributed by atoms with van der Waals surface area (Å²) in [5, 5.41) is -0.423. The minimum absolute atomic E-state index is 0. The molecule has 0 heterocycles. The summed E-state index contributed by atoms with van der Waals surface area (Å²) >= 11 is 0. The molecule has 0 amide bonds. The van der Waals surface area contributed by atoms with Gasteiger partial charge in [0, 0.05) is 7.97 Å². The van der Waals surface area contributed by atoms with E-state index in [4.69, 9.17) is 9.47 Å². The zero-order valence-electron chi connectivity index (χ0n) is 16.9. The Kier molecular flexibility index (Phi) is 8.80. The van der Waals surface area contributed by atoms with Gasteiger partial charge in [-0.1, -0.05) is 37.3 Å². The van der Waals surface area contributed by atoms with Gasteiger partial charge in [-0.15, -0.1) is 0 Å². The molecule has 0 saturated heterocycles. The highest BCUT2D eigenvalue weighted by Crippen LogP contribution is 2.19. The van der Waals surface area contributed by atoms with E-state index < -0.39 is 15.3 Å². The van der Waals surface area contributed by atoms with Crippen molar-refractivity contribution in [2.24, 2.45) is 0 Å². The van der Waals surface area contributed by atoms with Gasteiger partial charge in [0.1, 0.15) is 11.5 Å². The van der Waals surface area contributed by atoms with Crippen molar-refractivity contribution in [2.45, 2.75) is 44.8 Å². The molecule has 1 unspecified atom stereocenters. The molecule has 1 atom stereocenters. The van der Waals surface area contributed by atoms with Crippen molar-refractivity contribution >= 4 is 10.0 Å². The monoisotopic (exact) mass is 407 g/mol. The second kappa shape index (κ2) is 11.1. The molecule has 2 aromatic rings. The normalized spacial score (nSPS) is 12.7. The summed E-state index contributed by atoms with van der Waals surface area (Å²) in [6.07, 6.45) is 1.85. The van der Waals surface area contributed by atoms with Gasteiger partial charge in [-0.3, -0.25) is 0 Å². The first kappa shape index (κ1) is 22.2. The molecule has 5 nitrogen and oxygen atoms in total. The van der Waals surface area contributed by atoms with Crippen LogP contribution in [0.15, 0.2) is 54.6 Å². The van der Waals surface area contributed by atoms with Crippen LogP contribution < -0.4 is 14.2 Å². The van der Waals surface area contributed by atoms with Crippen LogP contribution in [0.25, 0.3) is 0 Å². The highest BCUT2D eigenvalue weighted by molar-refractivity contribution is 7.90. The molecular formula is C22H33NO4S. The van der Waals surface area contributed by atoms with E-state index in [1.807, 2.05) is 61.5 Å². The summed E-state index contributed by atoms with van der Waals surface area (Å²) in [6, 6.07) is 17.6. The first-order chi connectivity index (χ1) is 13.4. The van der Waals surface area contributed by atoms with E-state index >= 15 is 0 Å². The number of unbranched alkanes of at least 4 members (excludes halogenated alkanes) is 1. The summed E-state index contributed by atoms with van der Waals surface area (Å²) in [4.78, 5) is 0. The van der Waals surface area contributed by atoms with Gasteiger partial charge in [0.25, 0.3) is 0 Å². The van der Waals surface area contributed by atoms with Gasteiger partial charge in [0.05, 0.1) is 18.5 Å². The molecule has 0 fully saturated rings. The molecule has 0 aromatic heterocycles. The van der Waals surface area contributed by atoms with Gasteiger partial charge in [-0.2, -0.15) is 0 Å². The number of hydrogen-bond donors (Lipinski definition) is 1. The van der Waals surface area contributed by atoms with E-state index in [-0.39, 0.29) is 7.34 Å². The van der Waals surface area contributed by atoms with Crippen LogP contribution >= 0.6 is 0 Å². The third kappa shape index (κ3) is 7.52. The minimum Gasteiger partial charge on any atom is -0.494 e. The third-order valence-electron chi connectivity index (χ3n) is 4.48. The molecule has 0 aliphatic heterocycles. The van der Waals surface area contributed by atoms with Crippen molar-refractivity contribution in [1.82, 2.24) is 4.72 Å². The van der Waals surface area contributed by atoms with Crippen molar-refractivity contribution in [3.63, 3.8) is 0 Å². The average Bonchev–Trinajstić information content (AvgIpc) is 2.70. The number of benzene rings is 2. The fraction of sp³-hybridized carbons (Fsp3) is 0.455. The molecular weight excluding hydrogens is 374 g/mol. The van der Waals surface area contributed by atoms with Crippen molar-refractivity contribution in [3.05, 3.63) is 60.2 Å². The molecule has 2 rings (SSSR count). The lowest BCUT2D eigenvalue weighted by Gasteiger charge is -2.15. The molecule has 156 valence electrons. The molecule has 2 aromatic carbocycles. The van der Waals surface area contributed by atoms with E-state index in [9.17, 15) is 8.42 Å². The van der Waals surface area contributed by atoms with Gasteiger partial charge < -0.3 is 9.47 Å². The summed E-state index contributed by atoms with van der Waals surface area (Å²) in [6.45, 7) is 7.06. The number of para-hydroxylation sites is 1. The molecule has 1 N–H and O–H groups in total. The van der Waals surface area contributed by atoms with Gasteiger partial charge in [0.2, 0.25) is 10.0 Å². The van der Waals surface area contributed by atoms with E-state index in [2.05, 4.69) is 4.72 Å². The van der Waals surface area contributed by atoms with Crippen molar-refractivity contribution < 1.29 is 19.3 Å². The Bertz CT molecular complexity index is 795. The lowest BCUT2D eigenvalue weighted by molar-refractivity contribution is 0.266. The Hall–Kier alpha value is -2.05. The first-order valence-electron chi connectivity index (χ1n) is 9.77. The summed E-state index contributed by atoms with van der Waals surface area (Å²) in [5.74, 6) is 1.81. The van der Waals surface area contributed by atoms with Crippen LogP contribution in [0.1, 0.15) is 46.5 Å². The molecule has 0 aliphatic rings. The van der Waals surface area contributed by atoms with Crippen molar-refractivity contribution in [1.29, 1.82) is 0 Å². The maximum absolute atomic E-state index is 11.9. The predicted octanol–water partition coefficient (Wildman–Crippen LogP) is 4.60. The van der Waals surface area contributed by atoms with Crippen LogP contribution in [0.2, 0.25) is 0 Å².